The summed E-state index contributed by atoms with van der Waals surface area (Å²) in [5.41, 5.74) is 0. The Hall–Kier alpha value is 1.04. The summed E-state index contributed by atoms with van der Waals surface area (Å²) in [5, 5.41) is 2.28. The van der Waals surface area contributed by atoms with E-state index in [1.54, 1.807) is 6.07 Å². The summed E-state index contributed by atoms with van der Waals surface area (Å²) in [6, 6.07) is 1.58. The molecule has 0 N–H and O–H groups in total. The Bertz CT molecular complexity index is 545. The summed E-state index contributed by atoms with van der Waals surface area (Å²) in [6.45, 7) is 0. The van der Waals surface area contributed by atoms with Crippen LogP contribution in [0.4, 0.5) is 0 Å². The molecular formula is C10H3Cl6N2Na. The molecule has 0 aliphatic carbocycles. The van der Waals surface area contributed by atoms with Crippen LogP contribution < -0.4 is 2.94 Å². The zero-order valence-corrected chi connectivity index (χ0v) is 15.9. The number of rotatable bonds is 0. The fourth-order valence-corrected chi connectivity index (χ4v) is 2.46. The molecule has 96 valence electrons. The van der Waals surface area contributed by atoms with E-state index in [1.165, 1.54) is 12.4 Å². The van der Waals surface area contributed by atoms with Crippen molar-refractivity contribution in [1.82, 2.24) is 9.97 Å². The predicted molar refractivity (Wildman–Crippen MR) is 83.9 cm³/mol. The van der Waals surface area contributed by atoms with Crippen LogP contribution in [0.3, 0.4) is 0 Å². The van der Waals surface area contributed by atoms with Crippen molar-refractivity contribution in [2.24, 2.45) is 0 Å². The Morgan fingerprint density at radius 3 is 1.89 bits per heavy atom. The molecule has 0 unspecified atom stereocenters. The first kappa shape index (κ1) is 18.1. The van der Waals surface area contributed by atoms with Crippen molar-refractivity contribution < 1.29 is 0 Å². The molecular weight excluding hydrogens is 384 g/mol. The molecule has 2 aromatic heterocycles. The predicted octanol–water partition coefficient (Wildman–Crippen LogP) is 4.88. The molecule has 0 amide bonds. The Morgan fingerprint density at radius 2 is 1.42 bits per heavy atom. The summed E-state index contributed by atoms with van der Waals surface area (Å²) in [4.78, 5) is 7.64. The van der Waals surface area contributed by atoms with Crippen molar-refractivity contribution in [3.05, 3.63) is 48.7 Å². The third kappa shape index (κ3) is 5.39. The average Bonchev–Trinajstić information content (AvgIpc) is 2.39. The minimum absolute atomic E-state index is 0.240. The van der Waals surface area contributed by atoms with Gasteiger partial charge in [-0.2, -0.15) is 0 Å². The van der Waals surface area contributed by atoms with E-state index in [1.807, 2.05) is 0 Å². The molecule has 19 heavy (non-hydrogen) atoms. The van der Waals surface area contributed by atoms with E-state index >= 15 is 0 Å². The normalized spacial score (nSPS) is 9.89. The van der Waals surface area contributed by atoms with E-state index in [2.05, 4.69) is 9.97 Å². The summed E-state index contributed by atoms with van der Waals surface area (Å²) in [6.07, 6.45) is 3.01. The maximum atomic E-state index is 5.74. The third-order valence-corrected chi connectivity index (χ3v) is 5.48. The van der Waals surface area contributed by atoms with Crippen LogP contribution in [-0.4, -0.2) is 37.9 Å². The SMILES string of the molecule is Clc1ccnc(Cl)c1Cl.[Na][c]1ncc(Cl)c(Cl)c1Cl. The van der Waals surface area contributed by atoms with Gasteiger partial charge in [-0.25, -0.2) is 4.98 Å². The van der Waals surface area contributed by atoms with Gasteiger partial charge in [-0.3, -0.25) is 0 Å². The number of aromatic nitrogens is 2. The number of hydrogen-bond acceptors (Lipinski definition) is 2. The van der Waals surface area contributed by atoms with Crippen LogP contribution in [0.1, 0.15) is 0 Å². The first-order valence-electron chi connectivity index (χ1n) is 4.76. The fourth-order valence-electron chi connectivity index (χ4n) is 0.927. The minimum atomic E-state index is 0.240. The van der Waals surface area contributed by atoms with Gasteiger partial charge in [-0.15, -0.1) is 0 Å². The van der Waals surface area contributed by atoms with Gasteiger partial charge >= 0.3 is 91.9 Å². The summed E-state index contributed by atoms with van der Waals surface area (Å²) in [5.74, 6) is 0. The Labute approximate surface area is 157 Å². The molecule has 0 aromatic carbocycles. The molecule has 0 radical (unpaired) electrons. The molecule has 2 rings (SSSR count). The van der Waals surface area contributed by atoms with Crippen LogP contribution in [0, 0.1) is 0 Å². The molecule has 9 heteroatoms. The number of nitrogens with zero attached hydrogens (tertiary/aromatic N) is 2. The van der Waals surface area contributed by atoms with E-state index in [9.17, 15) is 0 Å². The van der Waals surface area contributed by atoms with E-state index in [0.29, 0.717) is 25.1 Å². The average molecular weight is 387 g/mol. The number of pyridine rings is 2. The summed E-state index contributed by atoms with van der Waals surface area (Å²) < 4.78 is 0.830. The third-order valence-electron chi connectivity index (χ3n) is 1.89. The van der Waals surface area contributed by atoms with Crippen LogP contribution in [-0.2, 0) is 0 Å². The second kappa shape index (κ2) is 8.47. The summed E-state index contributed by atoms with van der Waals surface area (Å²) >= 11 is 34.4. The van der Waals surface area contributed by atoms with E-state index in [-0.39, 0.29) is 5.15 Å². The standard InChI is InChI=1S/C5HCl3N.C5H2Cl3N.Na/c6-3-1-9-2-4(7)5(3)8;6-3-1-2-9-5(8)4(3)7;/h1H;1-2H;. The molecule has 0 saturated carbocycles. The summed E-state index contributed by atoms with van der Waals surface area (Å²) in [7, 11) is 0. The van der Waals surface area contributed by atoms with E-state index in [4.69, 9.17) is 69.6 Å². The number of hydrogen-bond donors (Lipinski definition) is 0. The molecule has 0 bridgehead atoms. The molecule has 0 aliphatic heterocycles. The van der Waals surface area contributed by atoms with Gasteiger partial charge in [0.15, 0.2) is 0 Å². The van der Waals surface area contributed by atoms with E-state index < -0.39 is 0 Å². The van der Waals surface area contributed by atoms with Gasteiger partial charge in [0.05, 0.1) is 10.0 Å². The quantitative estimate of drug-likeness (QED) is 0.476. The molecule has 0 saturated heterocycles. The molecule has 2 nitrogen and oxygen atoms in total. The topological polar surface area (TPSA) is 25.8 Å². The van der Waals surface area contributed by atoms with Crippen molar-refractivity contribution in [3.63, 3.8) is 0 Å². The van der Waals surface area contributed by atoms with Gasteiger partial charge in [0.1, 0.15) is 5.15 Å². The Morgan fingerprint density at radius 1 is 0.789 bits per heavy atom. The molecule has 0 fully saturated rings. The van der Waals surface area contributed by atoms with Crippen molar-refractivity contribution in [2.75, 3.05) is 0 Å². The van der Waals surface area contributed by atoms with Crippen molar-refractivity contribution in [2.45, 2.75) is 0 Å². The first-order valence-corrected chi connectivity index (χ1v) is 8.03. The molecule has 0 aliphatic rings. The van der Waals surface area contributed by atoms with Crippen LogP contribution in [0.15, 0.2) is 18.5 Å². The molecule has 2 aromatic rings. The first-order chi connectivity index (χ1) is 8.84. The molecule has 0 atom stereocenters. The maximum absolute atomic E-state index is 5.74. The van der Waals surface area contributed by atoms with Crippen LogP contribution in [0.25, 0.3) is 0 Å². The van der Waals surface area contributed by atoms with Crippen molar-refractivity contribution in [1.29, 1.82) is 0 Å². The second-order valence-electron chi connectivity index (χ2n) is 3.22. The van der Waals surface area contributed by atoms with Gasteiger partial charge in [0.2, 0.25) is 0 Å². The fraction of sp³-hybridized carbons (Fsp3) is 0. The number of halogens is 6. The van der Waals surface area contributed by atoms with Crippen molar-refractivity contribution in [3.8, 4) is 0 Å². The van der Waals surface area contributed by atoms with Gasteiger partial charge in [0, 0.05) is 6.20 Å². The monoisotopic (exact) mass is 384 g/mol. The Kier molecular flexibility index (Phi) is 8.07. The van der Waals surface area contributed by atoms with Gasteiger partial charge in [-0.1, -0.05) is 34.8 Å². The van der Waals surface area contributed by atoms with Gasteiger partial charge in [-0.05, 0) is 6.07 Å². The zero-order valence-electron chi connectivity index (χ0n) is 9.39. The van der Waals surface area contributed by atoms with Crippen LogP contribution in [0.2, 0.25) is 30.3 Å². The van der Waals surface area contributed by atoms with Crippen LogP contribution >= 0.6 is 69.6 Å². The van der Waals surface area contributed by atoms with Gasteiger partial charge in [0.25, 0.3) is 0 Å². The van der Waals surface area contributed by atoms with E-state index in [0.717, 1.165) is 30.9 Å². The van der Waals surface area contributed by atoms with Crippen molar-refractivity contribution >= 4 is 100 Å². The molecule has 0 spiro atoms. The van der Waals surface area contributed by atoms with Gasteiger partial charge < -0.3 is 0 Å². The molecule has 2 heterocycles. The Balaban J connectivity index is 0.000000191. The van der Waals surface area contributed by atoms with Crippen LogP contribution in [0.5, 0.6) is 0 Å². The zero-order chi connectivity index (χ0) is 14.6. The second-order valence-corrected chi connectivity index (χ2v) is 6.47.